The topological polar surface area (TPSA) is 51.2 Å². The fraction of sp³-hybridized carbons (Fsp3) is 0.222. The van der Waals surface area contributed by atoms with Gasteiger partial charge in [0.05, 0.1) is 6.04 Å². The molecule has 1 aromatic heterocycles. The Bertz CT molecular complexity index is 761. The molecule has 3 N–H and O–H groups in total. The molecule has 3 aromatic rings. The van der Waals surface area contributed by atoms with Gasteiger partial charge in [-0.3, -0.25) is 5.84 Å². The Balaban J connectivity index is 1.95. The number of furan rings is 1. The fourth-order valence-electron chi connectivity index (χ4n) is 2.70. The van der Waals surface area contributed by atoms with Gasteiger partial charge in [-0.1, -0.05) is 42.5 Å². The van der Waals surface area contributed by atoms with Gasteiger partial charge in [-0.05, 0) is 43.0 Å². The molecule has 0 saturated heterocycles. The molecule has 3 nitrogen and oxygen atoms in total. The van der Waals surface area contributed by atoms with Gasteiger partial charge in [-0.25, -0.2) is 5.43 Å². The van der Waals surface area contributed by atoms with Crippen molar-refractivity contribution in [3.63, 3.8) is 0 Å². The summed E-state index contributed by atoms with van der Waals surface area (Å²) in [5, 5.41) is 1.12. The second kappa shape index (κ2) is 5.72. The van der Waals surface area contributed by atoms with Crippen LogP contribution >= 0.6 is 0 Å². The molecule has 108 valence electrons. The van der Waals surface area contributed by atoms with Gasteiger partial charge in [0, 0.05) is 5.39 Å². The monoisotopic (exact) mass is 280 g/mol. The fourth-order valence-corrected chi connectivity index (χ4v) is 2.70. The van der Waals surface area contributed by atoms with Crippen molar-refractivity contribution in [1.29, 1.82) is 0 Å². The van der Waals surface area contributed by atoms with Crippen molar-refractivity contribution in [3.8, 4) is 0 Å². The number of benzene rings is 2. The summed E-state index contributed by atoms with van der Waals surface area (Å²) in [4.78, 5) is 0. The summed E-state index contributed by atoms with van der Waals surface area (Å²) < 4.78 is 6.02. The summed E-state index contributed by atoms with van der Waals surface area (Å²) in [7, 11) is 0. The van der Waals surface area contributed by atoms with E-state index in [1.54, 1.807) is 0 Å². The molecular weight excluding hydrogens is 260 g/mol. The lowest BCUT2D eigenvalue weighted by Gasteiger charge is -2.14. The number of nitrogens with one attached hydrogen (secondary N) is 1. The molecule has 0 bridgehead atoms. The molecule has 2 aromatic carbocycles. The minimum absolute atomic E-state index is 0.0297. The lowest BCUT2D eigenvalue weighted by Crippen LogP contribution is -2.29. The second-order valence-electron chi connectivity index (χ2n) is 5.49. The van der Waals surface area contributed by atoms with Crippen LogP contribution in [0.15, 0.2) is 52.9 Å². The van der Waals surface area contributed by atoms with Gasteiger partial charge in [-0.2, -0.15) is 0 Å². The third-order valence-corrected chi connectivity index (χ3v) is 3.99. The molecule has 1 atom stereocenters. The zero-order chi connectivity index (χ0) is 14.8. The van der Waals surface area contributed by atoms with Crippen LogP contribution in [-0.2, 0) is 6.42 Å². The smallest absolute Gasteiger partial charge is 0.137 e. The van der Waals surface area contributed by atoms with Crippen molar-refractivity contribution in [3.05, 3.63) is 71.0 Å². The first kappa shape index (κ1) is 13.9. The van der Waals surface area contributed by atoms with Crippen LogP contribution in [0, 0.1) is 13.8 Å². The Hall–Kier alpha value is -2.10. The van der Waals surface area contributed by atoms with Crippen LogP contribution in [0.5, 0.6) is 0 Å². The highest BCUT2D eigenvalue weighted by Gasteiger charge is 2.17. The summed E-state index contributed by atoms with van der Waals surface area (Å²) in [6.07, 6.45) is 0.808. The number of hydrogen-bond donors (Lipinski definition) is 2. The summed E-state index contributed by atoms with van der Waals surface area (Å²) in [5.41, 5.74) is 7.51. The molecule has 3 rings (SSSR count). The molecule has 0 fully saturated rings. The van der Waals surface area contributed by atoms with Gasteiger partial charge in [0.1, 0.15) is 11.3 Å². The summed E-state index contributed by atoms with van der Waals surface area (Å²) >= 11 is 0. The van der Waals surface area contributed by atoms with Crippen LogP contribution in [0.3, 0.4) is 0 Å². The highest BCUT2D eigenvalue weighted by Crippen LogP contribution is 2.28. The maximum atomic E-state index is 6.02. The third-order valence-electron chi connectivity index (χ3n) is 3.99. The van der Waals surface area contributed by atoms with Gasteiger partial charge in [0.15, 0.2) is 0 Å². The molecule has 0 radical (unpaired) electrons. The van der Waals surface area contributed by atoms with Crippen molar-refractivity contribution in [1.82, 2.24) is 5.43 Å². The van der Waals surface area contributed by atoms with Crippen LogP contribution in [0.2, 0.25) is 0 Å². The van der Waals surface area contributed by atoms with Gasteiger partial charge >= 0.3 is 0 Å². The normalized spacial score (nSPS) is 12.7. The van der Waals surface area contributed by atoms with E-state index < -0.39 is 0 Å². The predicted molar refractivity (Wildman–Crippen MR) is 85.9 cm³/mol. The summed E-state index contributed by atoms with van der Waals surface area (Å²) in [5.74, 6) is 6.63. The SMILES string of the molecule is Cc1ccccc1CC(NN)c1cc2cccc(C)c2o1. The Labute approximate surface area is 124 Å². The van der Waals surface area contributed by atoms with Gasteiger partial charge in [0.2, 0.25) is 0 Å². The second-order valence-corrected chi connectivity index (χ2v) is 5.49. The van der Waals surface area contributed by atoms with Crippen LogP contribution in [0.25, 0.3) is 11.0 Å². The summed E-state index contributed by atoms with van der Waals surface area (Å²) in [6, 6.07) is 16.6. The number of para-hydroxylation sites is 1. The van der Waals surface area contributed by atoms with E-state index in [0.29, 0.717) is 0 Å². The first-order chi connectivity index (χ1) is 10.2. The number of rotatable bonds is 4. The van der Waals surface area contributed by atoms with E-state index in [0.717, 1.165) is 28.7 Å². The maximum absolute atomic E-state index is 6.02. The average molecular weight is 280 g/mol. The van der Waals surface area contributed by atoms with E-state index >= 15 is 0 Å². The van der Waals surface area contributed by atoms with E-state index in [1.807, 2.05) is 12.1 Å². The van der Waals surface area contributed by atoms with E-state index in [-0.39, 0.29) is 6.04 Å². The Morgan fingerprint density at radius 2 is 1.81 bits per heavy atom. The maximum Gasteiger partial charge on any atom is 0.137 e. The first-order valence-electron chi connectivity index (χ1n) is 7.18. The minimum Gasteiger partial charge on any atom is -0.459 e. The largest absolute Gasteiger partial charge is 0.459 e. The molecule has 1 unspecified atom stereocenters. The highest BCUT2D eigenvalue weighted by molar-refractivity contribution is 5.81. The van der Waals surface area contributed by atoms with E-state index in [2.05, 4.69) is 55.7 Å². The number of nitrogens with two attached hydrogens (primary N) is 1. The minimum atomic E-state index is -0.0297. The van der Waals surface area contributed by atoms with Gasteiger partial charge in [-0.15, -0.1) is 0 Å². The van der Waals surface area contributed by atoms with E-state index in [9.17, 15) is 0 Å². The first-order valence-corrected chi connectivity index (χ1v) is 7.18. The van der Waals surface area contributed by atoms with E-state index in [1.165, 1.54) is 11.1 Å². The third kappa shape index (κ3) is 2.71. The van der Waals surface area contributed by atoms with Crippen LogP contribution in [0.4, 0.5) is 0 Å². The molecule has 1 heterocycles. The molecular formula is C18H20N2O. The molecule has 3 heteroatoms. The van der Waals surface area contributed by atoms with Crippen molar-refractivity contribution < 1.29 is 4.42 Å². The zero-order valence-corrected chi connectivity index (χ0v) is 12.4. The number of hydrogen-bond acceptors (Lipinski definition) is 3. The molecule has 0 aliphatic carbocycles. The van der Waals surface area contributed by atoms with Crippen molar-refractivity contribution in [2.45, 2.75) is 26.3 Å². The van der Waals surface area contributed by atoms with Gasteiger partial charge < -0.3 is 4.42 Å². The number of aryl methyl sites for hydroxylation is 2. The van der Waals surface area contributed by atoms with Crippen molar-refractivity contribution >= 4 is 11.0 Å². The molecule has 0 spiro atoms. The van der Waals surface area contributed by atoms with Crippen molar-refractivity contribution in [2.75, 3.05) is 0 Å². The van der Waals surface area contributed by atoms with Crippen LogP contribution in [0.1, 0.15) is 28.5 Å². The van der Waals surface area contributed by atoms with Gasteiger partial charge in [0.25, 0.3) is 0 Å². The molecule has 0 aliphatic rings. The molecule has 0 amide bonds. The Kier molecular flexibility index (Phi) is 3.78. The average Bonchev–Trinajstić information content (AvgIpc) is 2.92. The Morgan fingerprint density at radius 1 is 1.05 bits per heavy atom. The Morgan fingerprint density at radius 3 is 2.52 bits per heavy atom. The quantitative estimate of drug-likeness (QED) is 0.564. The predicted octanol–water partition coefficient (Wildman–Crippen LogP) is 3.80. The number of fused-ring (bicyclic) bond motifs is 1. The lowest BCUT2D eigenvalue weighted by atomic mass is 10.00. The summed E-state index contributed by atoms with van der Waals surface area (Å²) in [6.45, 7) is 4.17. The molecule has 0 saturated carbocycles. The van der Waals surface area contributed by atoms with Crippen molar-refractivity contribution in [2.24, 2.45) is 5.84 Å². The van der Waals surface area contributed by atoms with Crippen LogP contribution < -0.4 is 11.3 Å². The highest BCUT2D eigenvalue weighted by atomic mass is 16.3. The zero-order valence-electron chi connectivity index (χ0n) is 12.4. The van der Waals surface area contributed by atoms with Crippen LogP contribution in [-0.4, -0.2) is 0 Å². The molecule has 0 aliphatic heterocycles. The standard InChI is InChI=1S/C18H20N2O/c1-12-6-3-4-8-14(12)10-16(20-19)17-11-15-9-5-7-13(2)18(15)21-17/h3-9,11,16,20H,10,19H2,1-2H3. The van der Waals surface area contributed by atoms with E-state index in [4.69, 9.17) is 10.3 Å². The molecule has 21 heavy (non-hydrogen) atoms. The number of hydrazine groups is 1. The lowest BCUT2D eigenvalue weighted by molar-refractivity contribution is 0.433.